The third-order valence-electron chi connectivity index (χ3n) is 12.4. The van der Waals surface area contributed by atoms with Crippen LogP contribution in [0, 0.1) is 0 Å². The Morgan fingerprint density at radius 2 is 0.875 bits per heavy atom. The van der Waals surface area contributed by atoms with Gasteiger partial charge in [-0.2, -0.15) is 0 Å². The third kappa shape index (κ3) is 5.81. The van der Waals surface area contributed by atoms with Crippen molar-refractivity contribution in [2.24, 2.45) is 0 Å². The Morgan fingerprint density at radius 1 is 0.297 bits per heavy atom. The molecule has 0 aliphatic heterocycles. The van der Waals surface area contributed by atoms with Crippen molar-refractivity contribution in [2.75, 3.05) is 0 Å². The zero-order valence-corrected chi connectivity index (χ0v) is 34.2. The number of para-hydroxylation sites is 1. The van der Waals surface area contributed by atoms with Gasteiger partial charge in [0, 0.05) is 27.6 Å². The Bertz CT molecular complexity index is 3910. The second-order valence-corrected chi connectivity index (χ2v) is 16.1. The number of oxazole rings is 1. The van der Waals surface area contributed by atoms with E-state index in [0.717, 1.165) is 99.1 Å². The van der Waals surface area contributed by atoms with Gasteiger partial charge < -0.3 is 8.83 Å². The molecule has 0 unspecified atom stereocenters. The number of hydrogen-bond donors (Lipinski definition) is 0. The summed E-state index contributed by atoms with van der Waals surface area (Å²) in [5.74, 6) is 2.46. The lowest BCUT2D eigenvalue weighted by atomic mass is 9.87. The Labute approximate surface area is 366 Å². The highest BCUT2D eigenvalue weighted by molar-refractivity contribution is 6.21. The zero-order chi connectivity index (χ0) is 42.1. The summed E-state index contributed by atoms with van der Waals surface area (Å²) >= 11 is 0. The summed E-state index contributed by atoms with van der Waals surface area (Å²) in [6.45, 7) is 0. The summed E-state index contributed by atoms with van der Waals surface area (Å²) in [5, 5.41) is 8.81. The van der Waals surface area contributed by atoms with Gasteiger partial charge in [0.05, 0.1) is 5.39 Å². The van der Waals surface area contributed by atoms with Gasteiger partial charge in [0.1, 0.15) is 16.7 Å². The van der Waals surface area contributed by atoms with Gasteiger partial charge in [-0.1, -0.05) is 176 Å². The van der Waals surface area contributed by atoms with Gasteiger partial charge in [0.2, 0.25) is 5.89 Å². The number of furan rings is 1. The fourth-order valence-corrected chi connectivity index (χ4v) is 9.40. The monoisotopic (exact) mass is 818 g/mol. The molecule has 0 saturated carbocycles. The van der Waals surface area contributed by atoms with E-state index in [2.05, 4.69) is 115 Å². The van der Waals surface area contributed by atoms with E-state index in [0.29, 0.717) is 23.4 Å². The van der Waals surface area contributed by atoms with Crippen molar-refractivity contribution in [1.29, 1.82) is 0 Å². The summed E-state index contributed by atoms with van der Waals surface area (Å²) in [5.41, 5.74) is 11.3. The Kier molecular flexibility index (Phi) is 8.11. The molecule has 298 valence electrons. The predicted molar refractivity (Wildman–Crippen MR) is 260 cm³/mol. The Hall–Kier alpha value is -8.74. The highest BCUT2D eigenvalue weighted by atomic mass is 16.4. The van der Waals surface area contributed by atoms with Crippen LogP contribution in [0.2, 0.25) is 0 Å². The molecular weight excluding hydrogens is 785 g/mol. The van der Waals surface area contributed by atoms with Crippen LogP contribution >= 0.6 is 0 Å². The van der Waals surface area contributed by atoms with Crippen LogP contribution in [0.15, 0.2) is 215 Å². The first kappa shape index (κ1) is 36.0. The van der Waals surface area contributed by atoms with Crippen molar-refractivity contribution in [3.63, 3.8) is 0 Å². The van der Waals surface area contributed by atoms with Crippen LogP contribution in [0.3, 0.4) is 0 Å². The molecule has 3 heterocycles. The van der Waals surface area contributed by atoms with Crippen molar-refractivity contribution in [1.82, 2.24) is 19.9 Å². The normalized spacial score (nSPS) is 11.8. The third-order valence-corrected chi connectivity index (χ3v) is 12.4. The van der Waals surface area contributed by atoms with Gasteiger partial charge in [-0.05, 0) is 84.9 Å². The average molecular weight is 819 g/mol. The lowest BCUT2D eigenvalue weighted by Gasteiger charge is -2.17. The molecule has 0 saturated heterocycles. The molecule has 0 spiro atoms. The molecule has 0 N–H and O–H groups in total. The molecule has 0 atom stereocenters. The average Bonchev–Trinajstić information content (AvgIpc) is 3.98. The molecule has 0 amide bonds. The van der Waals surface area contributed by atoms with E-state index >= 15 is 0 Å². The van der Waals surface area contributed by atoms with Crippen LogP contribution in [0.5, 0.6) is 0 Å². The van der Waals surface area contributed by atoms with Crippen molar-refractivity contribution >= 4 is 65.4 Å². The summed E-state index contributed by atoms with van der Waals surface area (Å²) in [6.07, 6.45) is 0. The first-order chi connectivity index (χ1) is 31.7. The minimum Gasteiger partial charge on any atom is -0.456 e. The van der Waals surface area contributed by atoms with E-state index in [4.69, 9.17) is 28.8 Å². The van der Waals surface area contributed by atoms with Crippen LogP contribution in [0.4, 0.5) is 0 Å². The number of fused-ring (bicyclic) bond motifs is 9. The maximum absolute atomic E-state index is 6.75. The molecule has 13 aromatic rings. The van der Waals surface area contributed by atoms with E-state index in [1.54, 1.807) is 0 Å². The Morgan fingerprint density at radius 3 is 1.64 bits per heavy atom. The van der Waals surface area contributed by atoms with Crippen LogP contribution in [-0.2, 0) is 0 Å². The number of rotatable bonds is 6. The summed E-state index contributed by atoms with van der Waals surface area (Å²) in [7, 11) is 0. The fraction of sp³-hybridized carbons (Fsp3) is 0. The van der Waals surface area contributed by atoms with Gasteiger partial charge >= 0.3 is 0 Å². The molecule has 0 bridgehead atoms. The minimum atomic E-state index is 0.574. The van der Waals surface area contributed by atoms with E-state index in [1.807, 2.05) is 91.0 Å². The minimum absolute atomic E-state index is 0.574. The van der Waals surface area contributed by atoms with E-state index < -0.39 is 0 Å². The number of nitrogens with zero attached hydrogens (tertiary/aromatic N) is 4. The van der Waals surface area contributed by atoms with E-state index in [1.165, 1.54) is 10.8 Å². The first-order valence-corrected chi connectivity index (χ1v) is 21.4. The van der Waals surface area contributed by atoms with Crippen molar-refractivity contribution < 1.29 is 8.83 Å². The summed E-state index contributed by atoms with van der Waals surface area (Å²) < 4.78 is 13.0. The largest absolute Gasteiger partial charge is 0.456 e. The van der Waals surface area contributed by atoms with Crippen LogP contribution in [0.25, 0.3) is 133 Å². The van der Waals surface area contributed by atoms with Crippen molar-refractivity contribution in [3.05, 3.63) is 206 Å². The lowest BCUT2D eigenvalue weighted by molar-refractivity contribution is 0.623. The molecular formula is C58H34N4O2. The molecule has 0 aliphatic carbocycles. The molecule has 0 fully saturated rings. The van der Waals surface area contributed by atoms with Crippen molar-refractivity contribution in [2.45, 2.75) is 0 Å². The number of benzene rings is 10. The SMILES string of the molecule is c1ccc(-c2nc(-c3ccccc3)nc(-c3cccc(-c4ccc(-c5ccc(-c6nc7ccc8oc9ccccc9c8c7o6)c6ccc7ccccc7c56)c5ccccc45)c3)n2)cc1. The Balaban J connectivity index is 0.967. The molecule has 3 aromatic heterocycles. The maximum atomic E-state index is 6.75. The zero-order valence-electron chi connectivity index (χ0n) is 34.2. The van der Waals surface area contributed by atoms with Gasteiger partial charge in [0.25, 0.3) is 0 Å². The fourth-order valence-electron chi connectivity index (χ4n) is 9.40. The molecule has 0 aliphatic rings. The summed E-state index contributed by atoms with van der Waals surface area (Å²) in [6, 6.07) is 71.4. The van der Waals surface area contributed by atoms with Crippen LogP contribution in [-0.4, -0.2) is 19.9 Å². The van der Waals surface area contributed by atoms with Crippen LogP contribution < -0.4 is 0 Å². The van der Waals surface area contributed by atoms with Gasteiger partial charge in [-0.15, -0.1) is 0 Å². The van der Waals surface area contributed by atoms with Gasteiger partial charge in [-0.25, -0.2) is 19.9 Å². The quantitative estimate of drug-likeness (QED) is 0.156. The second-order valence-electron chi connectivity index (χ2n) is 16.1. The molecule has 13 rings (SSSR count). The molecule has 0 radical (unpaired) electrons. The highest BCUT2D eigenvalue weighted by Gasteiger charge is 2.21. The second kappa shape index (κ2) is 14.4. The lowest BCUT2D eigenvalue weighted by Crippen LogP contribution is -2.00. The topological polar surface area (TPSA) is 77.8 Å². The maximum Gasteiger partial charge on any atom is 0.227 e. The first-order valence-electron chi connectivity index (χ1n) is 21.4. The van der Waals surface area contributed by atoms with Crippen molar-refractivity contribution in [3.8, 4) is 67.9 Å². The van der Waals surface area contributed by atoms with E-state index in [-0.39, 0.29) is 0 Å². The molecule has 10 aromatic carbocycles. The molecule has 6 nitrogen and oxygen atoms in total. The van der Waals surface area contributed by atoms with Crippen LogP contribution in [0.1, 0.15) is 0 Å². The predicted octanol–water partition coefficient (Wildman–Crippen LogP) is 15.4. The standard InChI is InChI=1S/C58H34N4O2/c1-3-15-36(16-4-1)55-60-56(37-17-5-2-6-18-37)62-57(61-55)39-20-13-19-38(34-39)40-28-29-44(43-23-10-9-22-42(40)43)45-30-31-47(46-27-26-35-14-7-8-21-41(35)52(45)46)58-59-49-32-33-51-53(54(49)64-58)48-24-11-12-25-50(48)63-51/h1-34H. The number of hydrogen-bond acceptors (Lipinski definition) is 6. The highest BCUT2D eigenvalue weighted by Crippen LogP contribution is 2.45. The molecule has 64 heavy (non-hydrogen) atoms. The van der Waals surface area contributed by atoms with E-state index in [9.17, 15) is 0 Å². The number of aromatic nitrogens is 4. The molecule has 6 heteroatoms. The van der Waals surface area contributed by atoms with Gasteiger partial charge in [0.15, 0.2) is 23.1 Å². The smallest absolute Gasteiger partial charge is 0.227 e. The summed E-state index contributed by atoms with van der Waals surface area (Å²) in [4.78, 5) is 20.1. The van der Waals surface area contributed by atoms with Gasteiger partial charge in [-0.3, -0.25) is 0 Å².